The lowest BCUT2D eigenvalue weighted by Crippen LogP contribution is -2.28. The van der Waals surface area contributed by atoms with Gasteiger partial charge in [-0.05, 0) is 30.5 Å². The maximum Gasteiger partial charge on any atom is 0.411 e. The number of nitrogens with one attached hydrogen (secondary N) is 2. The summed E-state index contributed by atoms with van der Waals surface area (Å²) in [5, 5.41) is 7.31. The molecule has 7 heteroatoms. The smallest absolute Gasteiger partial charge is 0.411 e. The van der Waals surface area contributed by atoms with Gasteiger partial charge in [0.05, 0.1) is 13.2 Å². The molecule has 2 amide bonds. The molecule has 0 aliphatic carbocycles. The number of hydrogen-bond donors (Lipinski definition) is 2. The largest absolute Gasteiger partial charge is 0.484 e. The zero-order valence-electron chi connectivity index (χ0n) is 12.7. The van der Waals surface area contributed by atoms with Crippen molar-refractivity contribution in [3.05, 3.63) is 46.7 Å². The van der Waals surface area contributed by atoms with Gasteiger partial charge in [-0.15, -0.1) is 11.3 Å². The number of anilines is 1. The van der Waals surface area contributed by atoms with Crippen molar-refractivity contribution in [2.24, 2.45) is 0 Å². The van der Waals surface area contributed by atoms with Crippen molar-refractivity contribution < 1.29 is 19.1 Å². The Kier molecular flexibility index (Phi) is 6.43. The first kappa shape index (κ1) is 16.8. The Morgan fingerprint density at radius 1 is 1.22 bits per heavy atom. The van der Waals surface area contributed by atoms with Crippen LogP contribution in [0.2, 0.25) is 0 Å². The van der Waals surface area contributed by atoms with Gasteiger partial charge in [-0.2, -0.15) is 0 Å². The van der Waals surface area contributed by atoms with Crippen molar-refractivity contribution in [1.82, 2.24) is 5.32 Å². The summed E-state index contributed by atoms with van der Waals surface area (Å²) in [7, 11) is 0. The van der Waals surface area contributed by atoms with Gasteiger partial charge < -0.3 is 14.8 Å². The summed E-state index contributed by atoms with van der Waals surface area (Å²) in [6, 6.07) is 10.7. The third-order valence-electron chi connectivity index (χ3n) is 2.77. The molecule has 0 fully saturated rings. The second kappa shape index (κ2) is 8.79. The highest BCUT2D eigenvalue weighted by Crippen LogP contribution is 2.17. The van der Waals surface area contributed by atoms with Gasteiger partial charge in [0.1, 0.15) is 5.75 Å². The number of thiophene rings is 1. The number of carbonyl (C=O) groups excluding carboxylic acids is 2. The Bertz CT molecular complexity index is 643. The molecule has 0 radical (unpaired) electrons. The average Bonchev–Trinajstić information content (AvgIpc) is 3.05. The molecule has 1 aromatic carbocycles. The van der Waals surface area contributed by atoms with Crippen molar-refractivity contribution in [2.75, 3.05) is 18.5 Å². The highest BCUT2D eigenvalue weighted by Gasteiger charge is 2.06. The molecular weight excluding hydrogens is 316 g/mol. The standard InChI is InChI=1S/C16H18N2O4S/c1-2-21-16(20)18-12-5-3-6-13(9-12)22-11-15(19)17-10-14-7-4-8-23-14/h3-9H,2,10-11H2,1H3,(H,17,19)(H,18,20). The Morgan fingerprint density at radius 2 is 2.09 bits per heavy atom. The maximum absolute atomic E-state index is 11.7. The van der Waals surface area contributed by atoms with E-state index in [4.69, 9.17) is 9.47 Å². The van der Waals surface area contributed by atoms with E-state index >= 15 is 0 Å². The lowest BCUT2D eigenvalue weighted by atomic mass is 10.3. The lowest BCUT2D eigenvalue weighted by molar-refractivity contribution is -0.123. The van der Waals surface area contributed by atoms with Crippen LogP contribution < -0.4 is 15.4 Å². The Hall–Kier alpha value is -2.54. The van der Waals surface area contributed by atoms with Crippen LogP contribution in [0.25, 0.3) is 0 Å². The van der Waals surface area contributed by atoms with E-state index in [2.05, 4.69) is 10.6 Å². The second-order valence-electron chi connectivity index (χ2n) is 4.52. The molecule has 1 aromatic heterocycles. The van der Waals surface area contributed by atoms with Crippen molar-refractivity contribution in [3.8, 4) is 5.75 Å². The minimum absolute atomic E-state index is 0.0891. The third-order valence-corrected chi connectivity index (χ3v) is 3.64. The van der Waals surface area contributed by atoms with Crippen molar-refractivity contribution in [1.29, 1.82) is 0 Å². The summed E-state index contributed by atoms with van der Waals surface area (Å²) in [5.41, 5.74) is 0.542. The van der Waals surface area contributed by atoms with Crippen LogP contribution in [0.3, 0.4) is 0 Å². The maximum atomic E-state index is 11.7. The number of amides is 2. The topological polar surface area (TPSA) is 76.7 Å². The predicted molar refractivity (Wildman–Crippen MR) is 88.7 cm³/mol. The molecule has 23 heavy (non-hydrogen) atoms. The molecule has 0 aliphatic heterocycles. The van der Waals surface area contributed by atoms with Gasteiger partial charge in [-0.1, -0.05) is 12.1 Å². The molecule has 0 bridgehead atoms. The van der Waals surface area contributed by atoms with E-state index in [0.29, 0.717) is 24.6 Å². The normalized spacial score (nSPS) is 9.96. The van der Waals surface area contributed by atoms with Gasteiger partial charge >= 0.3 is 6.09 Å². The Morgan fingerprint density at radius 3 is 2.83 bits per heavy atom. The number of benzene rings is 1. The lowest BCUT2D eigenvalue weighted by Gasteiger charge is -2.09. The third kappa shape index (κ3) is 5.99. The van der Waals surface area contributed by atoms with Crippen LogP contribution in [0.15, 0.2) is 41.8 Å². The SMILES string of the molecule is CCOC(=O)Nc1cccc(OCC(=O)NCc2cccs2)c1. The van der Waals surface area contributed by atoms with Crippen LogP contribution in [-0.2, 0) is 16.1 Å². The summed E-state index contributed by atoms with van der Waals surface area (Å²) in [5.74, 6) is 0.285. The molecule has 0 saturated carbocycles. The Labute approximate surface area is 138 Å². The fourth-order valence-electron chi connectivity index (χ4n) is 1.75. The molecular formula is C16H18N2O4S. The van der Waals surface area contributed by atoms with Crippen LogP contribution in [0.4, 0.5) is 10.5 Å². The van der Waals surface area contributed by atoms with Gasteiger partial charge in [-0.3, -0.25) is 10.1 Å². The quantitative estimate of drug-likeness (QED) is 0.816. The highest BCUT2D eigenvalue weighted by molar-refractivity contribution is 7.09. The summed E-state index contributed by atoms with van der Waals surface area (Å²) in [4.78, 5) is 24.2. The summed E-state index contributed by atoms with van der Waals surface area (Å²) in [6.07, 6.45) is -0.529. The zero-order valence-corrected chi connectivity index (χ0v) is 13.5. The number of rotatable bonds is 7. The fraction of sp³-hybridized carbons (Fsp3) is 0.250. The van der Waals surface area contributed by atoms with Gasteiger partial charge in [0.2, 0.25) is 0 Å². The van der Waals surface area contributed by atoms with Gasteiger partial charge in [0, 0.05) is 16.6 Å². The first-order valence-electron chi connectivity index (χ1n) is 7.13. The summed E-state index contributed by atoms with van der Waals surface area (Å²) in [6.45, 7) is 2.43. The molecule has 6 nitrogen and oxygen atoms in total. The number of carbonyl (C=O) groups is 2. The van der Waals surface area contributed by atoms with Gasteiger partial charge in [0.15, 0.2) is 6.61 Å². The summed E-state index contributed by atoms with van der Waals surface area (Å²) < 4.78 is 10.2. The molecule has 0 saturated heterocycles. The minimum atomic E-state index is -0.529. The first-order valence-corrected chi connectivity index (χ1v) is 8.01. The molecule has 2 N–H and O–H groups in total. The monoisotopic (exact) mass is 334 g/mol. The molecule has 0 atom stereocenters. The fourth-order valence-corrected chi connectivity index (χ4v) is 2.39. The molecule has 0 aliphatic rings. The van der Waals surface area contributed by atoms with Gasteiger partial charge in [0.25, 0.3) is 5.91 Å². The summed E-state index contributed by atoms with van der Waals surface area (Å²) >= 11 is 1.58. The van der Waals surface area contributed by atoms with E-state index in [1.165, 1.54) is 0 Å². The van der Waals surface area contributed by atoms with Crippen LogP contribution in [0, 0.1) is 0 Å². The average molecular weight is 334 g/mol. The van der Waals surface area contributed by atoms with Crippen LogP contribution in [0.5, 0.6) is 5.75 Å². The zero-order chi connectivity index (χ0) is 16.5. The molecule has 2 aromatic rings. The van der Waals surface area contributed by atoms with Gasteiger partial charge in [-0.25, -0.2) is 4.79 Å². The highest BCUT2D eigenvalue weighted by atomic mass is 32.1. The van der Waals surface area contributed by atoms with Crippen LogP contribution in [0.1, 0.15) is 11.8 Å². The molecule has 122 valence electrons. The van der Waals surface area contributed by atoms with E-state index in [1.54, 1.807) is 42.5 Å². The number of hydrogen-bond acceptors (Lipinski definition) is 5. The van der Waals surface area contributed by atoms with Crippen molar-refractivity contribution in [2.45, 2.75) is 13.5 Å². The Balaban J connectivity index is 1.78. The van der Waals surface area contributed by atoms with Crippen molar-refractivity contribution >= 4 is 29.0 Å². The molecule has 0 spiro atoms. The first-order chi connectivity index (χ1) is 11.2. The molecule has 0 unspecified atom stereocenters. The molecule has 2 rings (SSSR count). The second-order valence-corrected chi connectivity index (χ2v) is 5.55. The van der Waals surface area contributed by atoms with E-state index in [0.717, 1.165) is 4.88 Å². The van der Waals surface area contributed by atoms with E-state index in [1.807, 2.05) is 17.5 Å². The predicted octanol–water partition coefficient (Wildman–Crippen LogP) is 3.01. The van der Waals surface area contributed by atoms with E-state index < -0.39 is 6.09 Å². The van der Waals surface area contributed by atoms with Crippen LogP contribution in [-0.4, -0.2) is 25.2 Å². The molecule has 1 heterocycles. The van der Waals surface area contributed by atoms with E-state index in [-0.39, 0.29) is 12.5 Å². The minimum Gasteiger partial charge on any atom is -0.484 e. The number of ether oxygens (including phenoxy) is 2. The van der Waals surface area contributed by atoms with Crippen molar-refractivity contribution in [3.63, 3.8) is 0 Å². The van der Waals surface area contributed by atoms with Crippen LogP contribution >= 0.6 is 11.3 Å². The van der Waals surface area contributed by atoms with E-state index in [9.17, 15) is 9.59 Å².